The molecule has 0 saturated carbocycles. The molecule has 1 aromatic heterocycles. The maximum atomic E-state index is 4.11. The van der Waals surface area contributed by atoms with Crippen LogP contribution in [-0.4, -0.2) is 42.6 Å². The number of halogens is 1. The van der Waals surface area contributed by atoms with Crippen LogP contribution in [0.25, 0.3) is 0 Å². The SMILES string of the molecule is CCN(CC)CCCN(CC)c1ccncc1Br. The van der Waals surface area contributed by atoms with E-state index in [4.69, 9.17) is 0 Å². The minimum atomic E-state index is 1.03. The Hall–Kier alpha value is -0.610. The second-order valence-electron chi connectivity index (χ2n) is 4.29. The molecular formula is C14H24BrN3. The minimum Gasteiger partial charge on any atom is -0.371 e. The van der Waals surface area contributed by atoms with Crippen molar-refractivity contribution < 1.29 is 0 Å². The molecule has 0 amide bonds. The van der Waals surface area contributed by atoms with Crippen molar-refractivity contribution in [3.63, 3.8) is 0 Å². The van der Waals surface area contributed by atoms with Crippen LogP contribution in [0.3, 0.4) is 0 Å². The Labute approximate surface area is 119 Å². The fourth-order valence-corrected chi connectivity index (χ4v) is 2.60. The van der Waals surface area contributed by atoms with E-state index in [1.807, 2.05) is 12.4 Å². The van der Waals surface area contributed by atoms with Crippen LogP contribution >= 0.6 is 15.9 Å². The lowest BCUT2D eigenvalue weighted by Crippen LogP contribution is -2.30. The summed E-state index contributed by atoms with van der Waals surface area (Å²) in [5.74, 6) is 0. The van der Waals surface area contributed by atoms with Crippen molar-refractivity contribution in [2.45, 2.75) is 27.2 Å². The molecule has 0 atom stereocenters. The molecule has 1 rings (SSSR count). The molecule has 0 fully saturated rings. The third kappa shape index (κ3) is 4.58. The molecule has 1 heterocycles. The third-order valence-electron chi connectivity index (χ3n) is 3.27. The molecule has 4 heteroatoms. The summed E-state index contributed by atoms with van der Waals surface area (Å²) >= 11 is 3.57. The van der Waals surface area contributed by atoms with Crippen LogP contribution < -0.4 is 4.90 Å². The summed E-state index contributed by atoms with van der Waals surface area (Å²) in [6.07, 6.45) is 4.92. The summed E-state index contributed by atoms with van der Waals surface area (Å²) in [5.41, 5.74) is 1.24. The van der Waals surface area contributed by atoms with E-state index in [0.29, 0.717) is 0 Å². The Morgan fingerprint density at radius 3 is 2.39 bits per heavy atom. The molecule has 0 aliphatic heterocycles. The van der Waals surface area contributed by atoms with E-state index in [9.17, 15) is 0 Å². The van der Waals surface area contributed by atoms with Crippen LogP contribution in [0.5, 0.6) is 0 Å². The molecule has 102 valence electrons. The highest BCUT2D eigenvalue weighted by molar-refractivity contribution is 9.10. The summed E-state index contributed by atoms with van der Waals surface area (Å²) in [6, 6.07) is 2.07. The van der Waals surface area contributed by atoms with Gasteiger partial charge in [0.25, 0.3) is 0 Å². The van der Waals surface area contributed by atoms with Gasteiger partial charge in [-0.05, 0) is 55.0 Å². The average molecular weight is 314 g/mol. The maximum absolute atomic E-state index is 4.11. The first kappa shape index (κ1) is 15.4. The Morgan fingerprint density at radius 2 is 1.83 bits per heavy atom. The summed E-state index contributed by atoms with van der Waals surface area (Å²) in [7, 11) is 0. The van der Waals surface area contributed by atoms with Crippen molar-refractivity contribution in [3.05, 3.63) is 22.9 Å². The zero-order chi connectivity index (χ0) is 13.4. The van der Waals surface area contributed by atoms with E-state index in [1.165, 1.54) is 18.7 Å². The quantitative estimate of drug-likeness (QED) is 0.733. The molecule has 3 nitrogen and oxygen atoms in total. The van der Waals surface area contributed by atoms with Crippen molar-refractivity contribution in [2.75, 3.05) is 37.6 Å². The number of rotatable bonds is 8. The van der Waals surface area contributed by atoms with Gasteiger partial charge in [0, 0.05) is 25.5 Å². The summed E-state index contributed by atoms with van der Waals surface area (Å²) in [4.78, 5) is 8.98. The summed E-state index contributed by atoms with van der Waals surface area (Å²) in [6.45, 7) is 12.2. The lowest BCUT2D eigenvalue weighted by molar-refractivity contribution is 0.300. The second kappa shape index (κ2) is 8.48. The second-order valence-corrected chi connectivity index (χ2v) is 5.14. The molecule has 0 bridgehead atoms. The standard InChI is InChI=1S/C14H24BrN3/c1-4-17(5-2)10-7-11-18(6-3)14-8-9-16-12-13(14)15/h8-9,12H,4-7,10-11H2,1-3H3. The monoisotopic (exact) mass is 313 g/mol. The number of nitrogens with zero attached hydrogens (tertiary/aromatic N) is 3. The fraction of sp³-hybridized carbons (Fsp3) is 0.643. The van der Waals surface area contributed by atoms with E-state index in [-0.39, 0.29) is 0 Å². The maximum Gasteiger partial charge on any atom is 0.0592 e. The Bertz CT molecular complexity index is 340. The molecule has 18 heavy (non-hydrogen) atoms. The lowest BCUT2D eigenvalue weighted by atomic mass is 10.3. The van der Waals surface area contributed by atoms with Gasteiger partial charge < -0.3 is 9.80 Å². The van der Waals surface area contributed by atoms with Crippen molar-refractivity contribution in [1.82, 2.24) is 9.88 Å². The largest absolute Gasteiger partial charge is 0.371 e. The smallest absolute Gasteiger partial charge is 0.0592 e. The first-order valence-electron chi connectivity index (χ1n) is 6.79. The highest BCUT2D eigenvalue weighted by Crippen LogP contribution is 2.24. The molecule has 0 aliphatic carbocycles. The predicted molar refractivity (Wildman–Crippen MR) is 82.2 cm³/mol. The third-order valence-corrected chi connectivity index (χ3v) is 3.88. The van der Waals surface area contributed by atoms with Gasteiger partial charge in [0.1, 0.15) is 0 Å². The number of pyridine rings is 1. The van der Waals surface area contributed by atoms with Crippen molar-refractivity contribution >= 4 is 21.6 Å². The van der Waals surface area contributed by atoms with Gasteiger partial charge >= 0.3 is 0 Å². The topological polar surface area (TPSA) is 19.4 Å². The Balaban J connectivity index is 2.50. The number of aromatic nitrogens is 1. The first-order valence-corrected chi connectivity index (χ1v) is 7.59. The Kier molecular flexibility index (Phi) is 7.28. The van der Waals surface area contributed by atoms with Gasteiger partial charge in [0.05, 0.1) is 10.2 Å². The molecule has 0 aromatic carbocycles. The fourth-order valence-electron chi connectivity index (χ4n) is 2.10. The first-order chi connectivity index (χ1) is 8.72. The minimum absolute atomic E-state index is 1.03. The van der Waals surface area contributed by atoms with E-state index in [2.05, 4.69) is 57.6 Å². The molecule has 0 radical (unpaired) electrons. The van der Waals surface area contributed by atoms with Gasteiger partial charge in [-0.1, -0.05) is 13.8 Å². The van der Waals surface area contributed by atoms with Crippen LogP contribution in [0.4, 0.5) is 5.69 Å². The van der Waals surface area contributed by atoms with E-state index in [1.54, 1.807) is 0 Å². The number of anilines is 1. The molecule has 0 spiro atoms. The van der Waals surface area contributed by atoms with Crippen LogP contribution in [0.1, 0.15) is 27.2 Å². The van der Waals surface area contributed by atoms with Crippen LogP contribution in [0.15, 0.2) is 22.9 Å². The molecular weight excluding hydrogens is 290 g/mol. The molecule has 0 aliphatic rings. The number of hydrogen-bond donors (Lipinski definition) is 0. The van der Waals surface area contributed by atoms with Crippen LogP contribution in [-0.2, 0) is 0 Å². The van der Waals surface area contributed by atoms with E-state index < -0.39 is 0 Å². The molecule has 0 unspecified atom stereocenters. The highest BCUT2D eigenvalue weighted by Gasteiger charge is 2.08. The molecule has 0 N–H and O–H groups in total. The molecule has 0 saturated heterocycles. The zero-order valence-electron chi connectivity index (χ0n) is 11.7. The normalized spacial score (nSPS) is 10.9. The van der Waals surface area contributed by atoms with Crippen LogP contribution in [0.2, 0.25) is 0 Å². The summed E-state index contributed by atoms with van der Waals surface area (Å²) in [5, 5.41) is 0. The average Bonchev–Trinajstić information content (AvgIpc) is 2.40. The highest BCUT2D eigenvalue weighted by atomic mass is 79.9. The lowest BCUT2D eigenvalue weighted by Gasteiger charge is -2.26. The Morgan fingerprint density at radius 1 is 1.11 bits per heavy atom. The van der Waals surface area contributed by atoms with Gasteiger partial charge in [0.15, 0.2) is 0 Å². The van der Waals surface area contributed by atoms with E-state index in [0.717, 1.165) is 30.7 Å². The van der Waals surface area contributed by atoms with Crippen LogP contribution in [0, 0.1) is 0 Å². The van der Waals surface area contributed by atoms with Crippen molar-refractivity contribution in [1.29, 1.82) is 0 Å². The van der Waals surface area contributed by atoms with Gasteiger partial charge in [-0.2, -0.15) is 0 Å². The van der Waals surface area contributed by atoms with Gasteiger partial charge in [-0.15, -0.1) is 0 Å². The van der Waals surface area contributed by atoms with Crippen molar-refractivity contribution in [2.24, 2.45) is 0 Å². The predicted octanol–water partition coefficient (Wildman–Crippen LogP) is 3.40. The molecule has 1 aromatic rings. The van der Waals surface area contributed by atoms with Crippen molar-refractivity contribution in [3.8, 4) is 0 Å². The summed E-state index contributed by atoms with van der Waals surface area (Å²) < 4.78 is 1.08. The number of hydrogen-bond acceptors (Lipinski definition) is 3. The van der Waals surface area contributed by atoms with E-state index >= 15 is 0 Å². The van der Waals surface area contributed by atoms with Gasteiger partial charge in [0.2, 0.25) is 0 Å². The zero-order valence-corrected chi connectivity index (χ0v) is 13.3. The van der Waals surface area contributed by atoms with Gasteiger partial charge in [-0.3, -0.25) is 4.98 Å². The van der Waals surface area contributed by atoms with Gasteiger partial charge in [-0.25, -0.2) is 0 Å².